The Morgan fingerprint density at radius 1 is 1.56 bits per heavy atom. The molecule has 1 saturated heterocycles. The van der Waals surface area contributed by atoms with Crippen LogP contribution in [0.15, 0.2) is 0 Å². The Bertz CT molecular complexity index is 130. The molecule has 1 heterocycles. The Labute approximate surface area is 53.7 Å². The van der Waals surface area contributed by atoms with E-state index in [1.165, 1.54) is 0 Å². The van der Waals surface area contributed by atoms with Gasteiger partial charge in [0.2, 0.25) is 0 Å². The van der Waals surface area contributed by atoms with E-state index in [-0.39, 0.29) is 5.92 Å². The number of rotatable bonds is 0. The Balaban J connectivity index is 2.34. The Morgan fingerprint density at radius 3 is 2.78 bits per heavy atom. The van der Waals surface area contributed by atoms with Gasteiger partial charge in [-0.05, 0) is 6.42 Å². The van der Waals surface area contributed by atoms with Crippen molar-refractivity contribution in [3.05, 3.63) is 0 Å². The van der Waals surface area contributed by atoms with E-state index >= 15 is 0 Å². The van der Waals surface area contributed by atoms with Gasteiger partial charge in [0.25, 0.3) is 0 Å². The number of piperidine rings is 1. The first-order valence-electron chi connectivity index (χ1n) is 3.07. The van der Waals surface area contributed by atoms with Crippen molar-refractivity contribution in [3.8, 4) is 6.07 Å². The van der Waals surface area contributed by atoms with E-state index in [4.69, 9.17) is 5.26 Å². The third kappa shape index (κ3) is 1.65. The minimum Gasteiger partial charge on any atom is -0.313 e. The Hall–Kier alpha value is -0.620. The van der Waals surface area contributed by atoms with Gasteiger partial charge in [0, 0.05) is 13.1 Å². The van der Waals surface area contributed by atoms with Gasteiger partial charge in [-0.15, -0.1) is 0 Å². The summed E-state index contributed by atoms with van der Waals surface area (Å²) in [6.07, 6.45) is -0.410. The highest BCUT2D eigenvalue weighted by atomic mass is 19.1. The zero-order chi connectivity index (χ0) is 6.69. The van der Waals surface area contributed by atoms with Crippen LogP contribution in [0.25, 0.3) is 0 Å². The molecule has 9 heavy (non-hydrogen) atoms. The van der Waals surface area contributed by atoms with Crippen LogP contribution in [0, 0.1) is 17.2 Å². The van der Waals surface area contributed by atoms with Gasteiger partial charge in [-0.2, -0.15) is 5.26 Å². The SMILES string of the molecule is N#CC1CNCC(F)C1. The van der Waals surface area contributed by atoms with Crippen molar-refractivity contribution < 1.29 is 4.39 Å². The maximum atomic E-state index is 12.4. The molecule has 50 valence electrons. The van der Waals surface area contributed by atoms with Crippen LogP contribution in [0.2, 0.25) is 0 Å². The smallest absolute Gasteiger partial charge is 0.114 e. The molecule has 1 fully saturated rings. The number of nitrogens with one attached hydrogen (secondary N) is 1. The summed E-state index contributed by atoms with van der Waals surface area (Å²) >= 11 is 0. The summed E-state index contributed by atoms with van der Waals surface area (Å²) in [5.74, 6) is -0.117. The minimum atomic E-state index is -0.816. The van der Waals surface area contributed by atoms with E-state index in [9.17, 15) is 4.39 Å². The average molecular weight is 128 g/mol. The Morgan fingerprint density at radius 2 is 2.33 bits per heavy atom. The number of hydrogen-bond donors (Lipinski definition) is 1. The number of nitriles is 1. The van der Waals surface area contributed by atoms with E-state index in [0.717, 1.165) is 0 Å². The van der Waals surface area contributed by atoms with Crippen LogP contribution in [0.1, 0.15) is 6.42 Å². The van der Waals surface area contributed by atoms with Gasteiger partial charge >= 0.3 is 0 Å². The van der Waals surface area contributed by atoms with E-state index in [0.29, 0.717) is 19.5 Å². The summed E-state index contributed by atoms with van der Waals surface area (Å²) < 4.78 is 12.4. The highest BCUT2D eigenvalue weighted by molar-refractivity contribution is 4.89. The summed E-state index contributed by atoms with van der Waals surface area (Å²) in [5, 5.41) is 11.2. The van der Waals surface area contributed by atoms with Crippen molar-refractivity contribution in [2.45, 2.75) is 12.6 Å². The fourth-order valence-corrected chi connectivity index (χ4v) is 0.988. The van der Waals surface area contributed by atoms with Gasteiger partial charge in [-0.1, -0.05) is 0 Å². The van der Waals surface area contributed by atoms with Crippen LogP contribution < -0.4 is 5.32 Å². The lowest BCUT2D eigenvalue weighted by atomic mass is 10.0. The monoisotopic (exact) mass is 128 g/mol. The molecule has 0 spiro atoms. The van der Waals surface area contributed by atoms with Crippen molar-refractivity contribution in [2.75, 3.05) is 13.1 Å². The van der Waals surface area contributed by atoms with Crippen molar-refractivity contribution in [2.24, 2.45) is 5.92 Å². The molecule has 1 rings (SSSR count). The molecule has 2 nitrogen and oxygen atoms in total. The molecule has 1 N–H and O–H groups in total. The molecule has 1 aliphatic rings. The van der Waals surface area contributed by atoms with Gasteiger partial charge in [0.1, 0.15) is 6.17 Å². The Kier molecular flexibility index (Phi) is 2.01. The number of nitrogens with zero attached hydrogens (tertiary/aromatic N) is 1. The van der Waals surface area contributed by atoms with Crippen LogP contribution in [0.4, 0.5) is 4.39 Å². The summed E-state index contributed by atoms with van der Waals surface area (Å²) in [6, 6.07) is 2.03. The van der Waals surface area contributed by atoms with E-state index < -0.39 is 6.17 Å². The number of halogens is 1. The zero-order valence-electron chi connectivity index (χ0n) is 5.10. The molecular formula is C6H9FN2. The topological polar surface area (TPSA) is 35.8 Å². The molecule has 0 saturated carbocycles. The van der Waals surface area contributed by atoms with Crippen LogP contribution >= 0.6 is 0 Å². The third-order valence-corrected chi connectivity index (χ3v) is 1.48. The van der Waals surface area contributed by atoms with Gasteiger partial charge in [0.15, 0.2) is 0 Å². The lowest BCUT2D eigenvalue weighted by Crippen LogP contribution is -2.36. The normalized spacial score (nSPS) is 35.6. The first-order valence-corrected chi connectivity index (χ1v) is 3.07. The summed E-state index contributed by atoms with van der Waals surface area (Å²) in [5.41, 5.74) is 0. The summed E-state index contributed by atoms with van der Waals surface area (Å²) in [4.78, 5) is 0. The average Bonchev–Trinajstić information content (AvgIpc) is 1.88. The standard InChI is InChI=1S/C6H9FN2/c7-6-1-5(2-8)3-9-4-6/h5-6,9H,1,3-4H2. The predicted octanol–water partition coefficient (Wildman–Crippen LogP) is 0.458. The van der Waals surface area contributed by atoms with E-state index in [2.05, 4.69) is 5.32 Å². The van der Waals surface area contributed by atoms with Crippen molar-refractivity contribution in [1.82, 2.24) is 5.32 Å². The predicted molar refractivity (Wildman–Crippen MR) is 31.5 cm³/mol. The summed E-state index contributed by atoms with van der Waals surface area (Å²) in [7, 11) is 0. The van der Waals surface area contributed by atoms with Crippen LogP contribution in [0.5, 0.6) is 0 Å². The molecule has 0 aromatic heterocycles. The third-order valence-electron chi connectivity index (χ3n) is 1.48. The maximum absolute atomic E-state index is 12.4. The van der Waals surface area contributed by atoms with Crippen LogP contribution in [-0.2, 0) is 0 Å². The largest absolute Gasteiger partial charge is 0.313 e. The molecule has 3 heteroatoms. The van der Waals surface area contributed by atoms with Gasteiger partial charge in [-0.3, -0.25) is 0 Å². The fourth-order valence-electron chi connectivity index (χ4n) is 0.988. The second-order valence-electron chi connectivity index (χ2n) is 2.32. The molecule has 0 aliphatic carbocycles. The van der Waals surface area contributed by atoms with Crippen LogP contribution in [0.3, 0.4) is 0 Å². The lowest BCUT2D eigenvalue weighted by molar-refractivity contribution is 0.240. The van der Waals surface area contributed by atoms with Crippen molar-refractivity contribution in [1.29, 1.82) is 5.26 Å². The molecule has 0 aromatic rings. The molecule has 0 amide bonds. The highest BCUT2D eigenvalue weighted by Gasteiger charge is 2.19. The number of hydrogen-bond acceptors (Lipinski definition) is 2. The lowest BCUT2D eigenvalue weighted by Gasteiger charge is -2.19. The molecule has 0 radical (unpaired) electrons. The summed E-state index contributed by atoms with van der Waals surface area (Å²) in [6.45, 7) is 1.06. The molecule has 0 bridgehead atoms. The van der Waals surface area contributed by atoms with Crippen molar-refractivity contribution in [3.63, 3.8) is 0 Å². The second-order valence-corrected chi connectivity index (χ2v) is 2.32. The molecular weight excluding hydrogens is 119 g/mol. The highest BCUT2D eigenvalue weighted by Crippen LogP contribution is 2.11. The first-order chi connectivity index (χ1) is 4.33. The molecule has 2 atom stereocenters. The fraction of sp³-hybridized carbons (Fsp3) is 0.833. The van der Waals surface area contributed by atoms with Crippen LogP contribution in [-0.4, -0.2) is 19.3 Å². The van der Waals surface area contributed by atoms with Gasteiger partial charge in [0.05, 0.1) is 12.0 Å². The first kappa shape index (κ1) is 6.50. The maximum Gasteiger partial charge on any atom is 0.114 e. The second kappa shape index (κ2) is 2.79. The van der Waals surface area contributed by atoms with E-state index in [1.54, 1.807) is 0 Å². The molecule has 1 aliphatic heterocycles. The minimum absolute atomic E-state index is 0.117. The molecule has 2 unspecified atom stereocenters. The zero-order valence-corrected chi connectivity index (χ0v) is 5.10. The van der Waals surface area contributed by atoms with Crippen molar-refractivity contribution >= 4 is 0 Å². The van der Waals surface area contributed by atoms with Gasteiger partial charge in [-0.25, -0.2) is 4.39 Å². The van der Waals surface area contributed by atoms with E-state index in [1.807, 2.05) is 6.07 Å². The quantitative estimate of drug-likeness (QED) is 0.514. The van der Waals surface area contributed by atoms with Gasteiger partial charge < -0.3 is 5.32 Å². The molecule has 0 aromatic carbocycles. The number of alkyl halides is 1.